The first-order valence-corrected chi connectivity index (χ1v) is 12.4. The van der Waals surface area contributed by atoms with E-state index in [1.54, 1.807) is 31.3 Å². The average molecular weight is 484 g/mol. The molecule has 1 aromatic heterocycles. The molecule has 0 saturated heterocycles. The number of rotatable bonds is 6. The minimum atomic E-state index is -4.11. The summed E-state index contributed by atoms with van der Waals surface area (Å²) in [6.45, 7) is 11.8. The van der Waals surface area contributed by atoms with Crippen LogP contribution in [-0.2, 0) is 15.4 Å². The summed E-state index contributed by atoms with van der Waals surface area (Å²) in [5, 5.41) is 2.89. The van der Waals surface area contributed by atoms with E-state index in [0.29, 0.717) is 17.1 Å². The molecule has 7 nitrogen and oxygen atoms in total. The summed E-state index contributed by atoms with van der Waals surface area (Å²) in [7, 11) is -2.43. The molecule has 34 heavy (non-hydrogen) atoms. The monoisotopic (exact) mass is 483 g/mol. The van der Waals surface area contributed by atoms with Gasteiger partial charge in [-0.15, -0.1) is 0 Å². The SMILES string of the molecule is CNc1cccc(S(=O)(=O)NC(=O)c2ccc(C(C)(C)C)nc2Oc2c(C)cc(C)cc2C)c1.[HH]. The van der Waals surface area contributed by atoms with Gasteiger partial charge in [-0.1, -0.05) is 44.5 Å². The van der Waals surface area contributed by atoms with Gasteiger partial charge in [-0.2, -0.15) is 0 Å². The van der Waals surface area contributed by atoms with Crippen molar-refractivity contribution in [3.63, 3.8) is 0 Å². The first-order chi connectivity index (χ1) is 15.8. The zero-order valence-corrected chi connectivity index (χ0v) is 21.4. The van der Waals surface area contributed by atoms with Gasteiger partial charge >= 0.3 is 0 Å². The average Bonchev–Trinajstić information content (AvgIpc) is 2.75. The Bertz CT molecular complexity index is 1330. The lowest BCUT2D eigenvalue weighted by Gasteiger charge is -2.21. The highest BCUT2D eigenvalue weighted by Crippen LogP contribution is 2.33. The minimum absolute atomic E-state index is 0. The summed E-state index contributed by atoms with van der Waals surface area (Å²) in [4.78, 5) is 17.7. The van der Waals surface area contributed by atoms with Crippen molar-refractivity contribution in [1.82, 2.24) is 9.71 Å². The van der Waals surface area contributed by atoms with Crippen LogP contribution in [0.25, 0.3) is 0 Å². The fraction of sp³-hybridized carbons (Fsp3) is 0.308. The second-order valence-corrected chi connectivity index (χ2v) is 11.0. The summed E-state index contributed by atoms with van der Waals surface area (Å²) in [6.07, 6.45) is 0. The van der Waals surface area contributed by atoms with Crippen molar-refractivity contribution in [1.29, 1.82) is 0 Å². The number of nitrogens with zero attached hydrogens (tertiary/aromatic N) is 1. The van der Waals surface area contributed by atoms with E-state index >= 15 is 0 Å². The van der Waals surface area contributed by atoms with Crippen LogP contribution in [0.5, 0.6) is 11.6 Å². The van der Waals surface area contributed by atoms with Gasteiger partial charge in [0.15, 0.2) is 0 Å². The Hall–Kier alpha value is -3.39. The number of nitrogens with one attached hydrogen (secondary N) is 2. The van der Waals surface area contributed by atoms with E-state index in [2.05, 4.69) is 15.0 Å². The molecule has 0 bridgehead atoms. The predicted molar refractivity (Wildman–Crippen MR) is 136 cm³/mol. The molecule has 3 aromatic rings. The van der Waals surface area contributed by atoms with E-state index in [1.807, 2.05) is 53.7 Å². The molecule has 0 saturated carbocycles. The molecule has 8 heteroatoms. The summed E-state index contributed by atoms with van der Waals surface area (Å²) in [5.41, 5.74) is 3.93. The number of anilines is 1. The predicted octanol–water partition coefficient (Wildman–Crippen LogP) is 5.50. The van der Waals surface area contributed by atoms with Gasteiger partial charge in [-0.3, -0.25) is 4.79 Å². The third-order valence-corrected chi connectivity index (χ3v) is 6.67. The molecule has 2 aromatic carbocycles. The van der Waals surface area contributed by atoms with E-state index in [4.69, 9.17) is 4.74 Å². The van der Waals surface area contributed by atoms with Crippen molar-refractivity contribution in [3.05, 3.63) is 76.5 Å². The van der Waals surface area contributed by atoms with Crippen LogP contribution >= 0.6 is 0 Å². The molecule has 0 aliphatic carbocycles. The largest absolute Gasteiger partial charge is 0.438 e. The van der Waals surface area contributed by atoms with Crippen LogP contribution in [0, 0.1) is 20.8 Å². The van der Waals surface area contributed by atoms with Gasteiger partial charge in [0.25, 0.3) is 15.9 Å². The molecule has 2 N–H and O–H groups in total. The Kier molecular flexibility index (Phi) is 7.02. The zero-order valence-electron chi connectivity index (χ0n) is 20.6. The second kappa shape index (κ2) is 9.46. The Morgan fingerprint density at radius 1 is 1.00 bits per heavy atom. The van der Waals surface area contributed by atoms with E-state index in [-0.39, 0.29) is 23.2 Å². The molecular weight excluding hydrogens is 450 g/mol. The van der Waals surface area contributed by atoms with E-state index in [0.717, 1.165) is 16.7 Å². The first-order valence-electron chi connectivity index (χ1n) is 10.9. The molecule has 0 aliphatic rings. The molecule has 182 valence electrons. The zero-order chi connectivity index (χ0) is 25.3. The first kappa shape index (κ1) is 25.2. The number of aromatic nitrogens is 1. The van der Waals surface area contributed by atoms with Crippen LogP contribution in [0.1, 0.15) is 54.9 Å². The molecule has 0 unspecified atom stereocenters. The minimum Gasteiger partial charge on any atom is -0.438 e. The van der Waals surface area contributed by atoms with Gasteiger partial charge < -0.3 is 10.1 Å². The van der Waals surface area contributed by atoms with E-state index in [1.165, 1.54) is 12.1 Å². The Labute approximate surface area is 203 Å². The van der Waals surface area contributed by atoms with Crippen LogP contribution in [0.3, 0.4) is 0 Å². The summed E-state index contributed by atoms with van der Waals surface area (Å²) >= 11 is 0. The van der Waals surface area contributed by atoms with Crippen LogP contribution in [0.4, 0.5) is 5.69 Å². The maximum absolute atomic E-state index is 13.2. The molecule has 0 atom stereocenters. The molecular formula is C26H33N3O4S. The van der Waals surface area contributed by atoms with Gasteiger partial charge in [0.05, 0.1) is 4.90 Å². The number of sulfonamides is 1. The number of ether oxygens (including phenoxy) is 1. The molecule has 0 aliphatic heterocycles. The van der Waals surface area contributed by atoms with Crippen molar-refractivity contribution < 1.29 is 19.4 Å². The lowest BCUT2D eigenvalue weighted by atomic mass is 9.91. The van der Waals surface area contributed by atoms with Crippen molar-refractivity contribution in [2.45, 2.75) is 51.9 Å². The molecule has 1 heterocycles. The molecule has 0 spiro atoms. The number of benzene rings is 2. The quantitative estimate of drug-likeness (QED) is 0.480. The topological polar surface area (TPSA) is 97.4 Å². The van der Waals surface area contributed by atoms with Crippen LogP contribution < -0.4 is 14.8 Å². The number of hydrogen-bond donors (Lipinski definition) is 2. The van der Waals surface area contributed by atoms with Gasteiger partial charge in [-0.05, 0) is 62.2 Å². The maximum atomic E-state index is 13.2. The van der Waals surface area contributed by atoms with Crippen molar-refractivity contribution >= 4 is 21.6 Å². The third kappa shape index (κ3) is 5.56. The Balaban J connectivity index is 0.00000432. The highest BCUT2D eigenvalue weighted by molar-refractivity contribution is 7.90. The number of amides is 1. The van der Waals surface area contributed by atoms with Crippen LogP contribution in [0.2, 0.25) is 0 Å². The van der Waals surface area contributed by atoms with Gasteiger partial charge in [0.1, 0.15) is 11.3 Å². The standard InChI is InChI=1S/C26H31N3O4S.H2/c1-16-13-17(2)23(18(3)14-16)33-25-21(11-12-22(28-25)26(4,5)6)24(30)29-34(31,32)20-10-8-9-19(15-20)27-7;/h8-15,27H,1-7H3,(H,29,30);1H. The highest BCUT2D eigenvalue weighted by Gasteiger charge is 2.25. The second-order valence-electron chi connectivity index (χ2n) is 9.34. The fourth-order valence-corrected chi connectivity index (χ4v) is 4.60. The summed E-state index contributed by atoms with van der Waals surface area (Å²) < 4.78 is 34.1. The number of aryl methyl sites for hydroxylation is 3. The lowest BCUT2D eigenvalue weighted by molar-refractivity contribution is 0.0978. The van der Waals surface area contributed by atoms with Crippen molar-refractivity contribution in [2.24, 2.45) is 0 Å². The Morgan fingerprint density at radius 2 is 1.65 bits per heavy atom. The smallest absolute Gasteiger partial charge is 0.270 e. The van der Waals surface area contributed by atoms with Crippen LogP contribution in [0.15, 0.2) is 53.4 Å². The fourth-order valence-electron chi connectivity index (χ4n) is 3.59. The van der Waals surface area contributed by atoms with Crippen molar-refractivity contribution in [2.75, 3.05) is 12.4 Å². The normalized spacial score (nSPS) is 11.7. The van der Waals surface area contributed by atoms with Crippen molar-refractivity contribution in [3.8, 4) is 11.6 Å². The lowest BCUT2D eigenvalue weighted by Crippen LogP contribution is -2.31. The Morgan fingerprint density at radius 3 is 2.24 bits per heavy atom. The summed E-state index contributed by atoms with van der Waals surface area (Å²) in [6, 6.07) is 13.4. The molecule has 0 fully saturated rings. The van der Waals surface area contributed by atoms with Crippen LogP contribution in [-0.4, -0.2) is 26.4 Å². The third-order valence-electron chi connectivity index (χ3n) is 5.34. The number of carbonyl (C=O) groups excluding carboxylic acids is 1. The molecule has 0 radical (unpaired) electrons. The van der Waals surface area contributed by atoms with Gasteiger partial charge in [0.2, 0.25) is 5.88 Å². The van der Waals surface area contributed by atoms with Gasteiger partial charge in [-0.25, -0.2) is 18.1 Å². The number of carbonyl (C=O) groups is 1. The maximum Gasteiger partial charge on any atom is 0.270 e. The number of pyridine rings is 1. The summed E-state index contributed by atoms with van der Waals surface area (Å²) in [5.74, 6) is -0.179. The molecule has 3 rings (SSSR count). The van der Waals surface area contributed by atoms with Gasteiger partial charge in [0, 0.05) is 25.3 Å². The number of hydrogen-bond acceptors (Lipinski definition) is 6. The van der Waals surface area contributed by atoms with E-state index < -0.39 is 15.9 Å². The highest BCUT2D eigenvalue weighted by atomic mass is 32.2. The molecule has 1 amide bonds. The van der Waals surface area contributed by atoms with E-state index in [9.17, 15) is 13.2 Å².